The van der Waals surface area contributed by atoms with E-state index in [0.717, 1.165) is 51.4 Å². The highest BCUT2D eigenvalue weighted by molar-refractivity contribution is 5.99. The van der Waals surface area contributed by atoms with E-state index < -0.39 is 11.6 Å². The summed E-state index contributed by atoms with van der Waals surface area (Å²) in [7, 11) is 1.33. The van der Waals surface area contributed by atoms with Crippen molar-refractivity contribution in [3.05, 3.63) is 23.8 Å². The smallest absolute Gasteiger partial charge is 0.341 e. The molecule has 0 heterocycles. The minimum atomic E-state index is -0.802. The summed E-state index contributed by atoms with van der Waals surface area (Å²) in [5, 5.41) is 2.98. The Morgan fingerprint density at radius 1 is 1.14 bits per heavy atom. The van der Waals surface area contributed by atoms with Gasteiger partial charge in [-0.15, -0.1) is 0 Å². The molecule has 1 N–H and O–H groups in total. The Hall–Kier alpha value is -2.08. The number of benzene rings is 1. The molecule has 0 aromatic heterocycles. The molecule has 1 aromatic carbocycles. The van der Waals surface area contributed by atoms with E-state index >= 15 is 0 Å². The lowest BCUT2D eigenvalue weighted by atomic mass is 9.92. The number of esters is 1. The quantitative estimate of drug-likeness (QED) is 0.456. The van der Waals surface area contributed by atoms with Crippen molar-refractivity contribution < 1.29 is 23.8 Å². The van der Waals surface area contributed by atoms with Gasteiger partial charge in [0.05, 0.1) is 13.2 Å². The summed E-state index contributed by atoms with van der Waals surface area (Å²) in [6.45, 7) is 6.56. The predicted octanol–water partition coefficient (Wildman–Crippen LogP) is 5.11. The van der Waals surface area contributed by atoms with Gasteiger partial charge in [0.15, 0.2) is 0 Å². The van der Waals surface area contributed by atoms with Gasteiger partial charge in [-0.1, -0.05) is 39.5 Å². The first-order chi connectivity index (χ1) is 14.0. The molecular weight excluding hydrogens is 370 g/mol. The molecule has 0 bridgehead atoms. The standard InChI is InChI=1S/C23H35NO5/c1-5-15-28-23(13-9-7-8-10-14-23)22(26)24-18-11-12-20(29-17(3)6-2)19(16-18)21(25)27-4/h11-12,16-17H,5-10,13-15H2,1-4H3,(H,24,26)/t17-/m1/s1. The number of methoxy groups -OCH3 is 1. The van der Waals surface area contributed by atoms with Gasteiger partial charge in [0.25, 0.3) is 5.91 Å². The Morgan fingerprint density at radius 2 is 1.83 bits per heavy atom. The van der Waals surface area contributed by atoms with Gasteiger partial charge in [-0.3, -0.25) is 4.79 Å². The van der Waals surface area contributed by atoms with Crippen molar-refractivity contribution in [2.24, 2.45) is 0 Å². The number of hydrogen-bond acceptors (Lipinski definition) is 5. The van der Waals surface area contributed by atoms with E-state index in [-0.39, 0.29) is 12.0 Å². The Balaban J connectivity index is 2.26. The van der Waals surface area contributed by atoms with Gasteiger partial charge in [0.1, 0.15) is 16.9 Å². The van der Waals surface area contributed by atoms with Crippen molar-refractivity contribution in [2.45, 2.75) is 83.8 Å². The first-order valence-corrected chi connectivity index (χ1v) is 10.8. The lowest BCUT2D eigenvalue weighted by Crippen LogP contribution is -2.45. The third-order valence-electron chi connectivity index (χ3n) is 5.45. The van der Waals surface area contributed by atoms with Crippen LogP contribution in [0.25, 0.3) is 0 Å². The molecule has 29 heavy (non-hydrogen) atoms. The fourth-order valence-electron chi connectivity index (χ4n) is 3.56. The van der Waals surface area contributed by atoms with Crippen molar-refractivity contribution in [1.29, 1.82) is 0 Å². The molecule has 1 amide bonds. The van der Waals surface area contributed by atoms with Crippen molar-refractivity contribution in [1.82, 2.24) is 0 Å². The zero-order valence-electron chi connectivity index (χ0n) is 18.2. The molecule has 1 aliphatic carbocycles. The fraction of sp³-hybridized carbons (Fsp3) is 0.652. The Labute approximate surface area is 174 Å². The molecule has 1 atom stereocenters. The van der Waals surface area contributed by atoms with E-state index in [0.29, 0.717) is 23.6 Å². The molecule has 1 saturated carbocycles. The number of nitrogens with one attached hydrogen (secondary N) is 1. The lowest BCUT2D eigenvalue weighted by molar-refractivity contribution is -0.143. The number of hydrogen-bond donors (Lipinski definition) is 1. The highest BCUT2D eigenvalue weighted by atomic mass is 16.5. The summed E-state index contributed by atoms with van der Waals surface area (Å²) >= 11 is 0. The SMILES string of the molecule is CCCOC1(C(=O)Nc2ccc(O[C@H](C)CC)c(C(=O)OC)c2)CCCCCC1. The highest BCUT2D eigenvalue weighted by Gasteiger charge is 2.39. The van der Waals surface area contributed by atoms with Crippen LogP contribution in [-0.4, -0.2) is 37.3 Å². The minimum absolute atomic E-state index is 0.0319. The highest BCUT2D eigenvalue weighted by Crippen LogP contribution is 2.33. The number of carbonyl (C=O) groups excluding carboxylic acids is 2. The lowest BCUT2D eigenvalue weighted by Gasteiger charge is -2.31. The second-order valence-corrected chi connectivity index (χ2v) is 7.75. The molecule has 1 aromatic rings. The molecule has 1 fully saturated rings. The van der Waals surface area contributed by atoms with Crippen LogP contribution in [0.2, 0.25) is 0 Å². The van der Waals surface area contributed by atoms with Crippen molar-refractivity contribution >= 4 is 17.6 Å². The van der Waals surface area contributed by atoms with Gasteiger partial charge in [0, 0.05) is 12.3 Å². The third kappa shape index (κ3) is 6.20. The van der Waals surface area contributed by atoms with Gasteiger partial charge in [0.2, 0.25) is 0 Å². The molecule has 6 nitrogen and oxygen atoms in total. The largest absolute Gasteiger partial charge is 0.490 e. The van der Waals surface area contributed by atoms with Crippen molar-refractivity contribution in [2.75, 3.05) is 19.0 Å². The van der Waals surface area contributed by atoms with Crippen LogP contribution in [0.1, 0.15) is 82.5 Å². The maximum Gasteiger partial charge on any atom is 0.341 e. The van der Waals surface area contributed by atoms with E-state index in [1.165, 1.54) is 7.11 Å². The van der Waals surface area contributed by atoms with E-state index in [9.17, 15) is 9.59 Å². The fourth-order valence-corrected chi connectivity index (χ4v) is 3.56. The van der Waals surface area contributed by atoms with Gasteiger partial charge >= 0.3 is 5.97 Å². The maximum atomic E-state index is 13.2. The molecule has 0 saturated heterocycles. The molecule has 162 valence electrons. The molecule has 2 rings (SSSR count). The second kappa shape index (κ2) is 11.2. The summed E-state index contributed by atoms with van der Waals surface area (Å²) in [6, 6.07) is 5.08. The van der Waals surface area contributed by atoms with Crippen LogP contribution in [0.15, 0.2) is 18.2 Å². The zero-order chi connectivity index (χ0) is 21.3. The number of anilines is 1. The summed E-state index contributed by atoms with van der Waals surface area (Å²) in [6.07, 6.45) is 7.29. The Morgan fingerprint density at radius 3 is 2.41 bits per heavy atom. The average Bonchev–Trinajstić information content (AvgIpc) is 2.99. The monoisotopic (exact) mass is 405 g/mol. The molecule has 0 aliphatic heterocycles. The summed E-state index contributed by atoms with van der Waals surface area (Å²) in [4.78, 5) is 25.5. The number of carbonyl (C=O) groups is 2. The average molecular weight is 406 g/mol. The summed E-state index contributed by atoms with van der Waals surface area (Å²) in [5.41, 5.74) is 0.0368. The van der Waals surface area contributed by atoms with E-state index in [1.54, 1.807) is 18.2 Å². The van der Waals surface area contributed by atoms with Crippen LogP contribution >= 0.6 is 0 Å². The van der Waals surface area contributed by atoms with Gasteiger partial charge in [-0.25, -0.2) is 4.79 Å². The molecule has 0 spiro atoms. The third-order valence-corrected chi connectivity index (χ3v) is 5.45. The van der Waals surface area contributed by atoms with E-state index in [2.05, 4.69) is 5.32 Å². The van der Waals surface area contributed by atoms with Crippen molar-refractivity contribution in [3.8, 4) is 5.75 Å². The van der Waals surface area contributed by atoms with Gasteiger partial charge in [-0.2, -0.15) is 0 Å². The molecule has 0 radical (unpaired) electrons. The van der Waals surface area contributed by atoms with Gasteiger partial charge < -0.3 is 19.5 Å². The van der Waals surface area contributed by atoms with Crippen LogP contribution in [0.3, 0.4) is 0 Å². The van der Waals surface area contributed by atoms with E-state index in [1.807, 2.05) is 20.8 Å². The maximum absolute atomic E-state index is 13.2. The molecule has 1 aliphatic rings. The molecule has 6 heteroatoms. The Bertz CT molecular complexity index is 680. The molecule has 0 unspecified atom stereocenters. The first kappa shape index (κ1) is 23.2. The van der Waals surface area contributed by atoms with Crippen LogP contribution in [-0.2, 0) is 14.3 Å². The van der Waals surface area contributed by atoms with Crippen molar-refractivity contribution in [3.63, 3.8) is 0 Å². The minimum Gasteiger partial charge on any atom is -0.490 e. The Kier molecular flexibility index (Phi) is 8.96. The second-order valence-electron chi connectivity index (χ2n) is 7.75. The van der Waals surface area contributed by atoms with Crippen LogP contribution in [0.4, 0.5) is 5.69 Å². The number of amides is 1. The van der Waals surface area contributed by atoms with Crippen LogP contribution in [0, 0.1) is 0 Å². The number of rotatable bonds is 9. The summed E-state index contributed by atoms with van der Waals surface area (Å²) < 4.78 is 16.8. The van der Waals surface area contributed by atoms with E-state index in [4.69, 9.17) is 14.2 Å². The number of ether oxygens (including phenoxy) is 3. The zero-order valence-corrected chi connectivity index (χ0v) is 18.2. The van der Waals surface area contributed by atoms with Crippen LogP contribution in [0.5, 0.6) is 5.75 Å². The molecular formula is C23H35NO5. The van der Waals surface area contributed by atoms with Gasteiger partial charge in [-0.05, 0) is 50.8 Å². The summed E-state index contributed by atoms with van der Waals surface area (Å²) in [5.74, 6) is -0.180. The topological polar surface area (TPSA) is 73.9 Å². The predicted molar refractivity (Wildman–Crippen MR) is 113 cm³/mol. The normalized spacial score (nSPS) is 17.1. The van der Waals surface area contributed by atoms with Crippen LogP contribution < -0.4 is 10.1 Å². The first-order valence-electron chi connectivity index (χ1n) is 10.8.